The molecule has 1 aliphatic carbocycles. The minimum Gasteiger partial charge on any atom is -0.353 e. The first-order valence-electron chi connectivity index (χ1n) is 6.70. The summed E-state index contributed by atoms with van der Waals surface area (Å²) in [6, 6.07) is 7.56. The van der Waals surface area contributed by atoms with Gasteiger partial charge in [0.2, 0.25) is 0 Å². The van der Waals surface area contributed by atoms with Gasteiger partial charge in [0.25, 0.3) is 5.91 Å². The first kappa shape index (κ1) is 12.2. The number of carbonyl (C=O) groups is 1. The molecule has 0 saturated carbocycles. The van der Waals surface area contributed by atoms with Crippen LogP contribution in [0, 0.1) is 0 Å². The number of rotatable bonds is 1. The van der Waals surface area contributed by atoms with Gasteiger partial charge >= 0.3 is 0 Å². The first-order chi connectivity index (χ1) is 9.72. The Labute approximate surface area is 126 Å². The van der Waals surface area contributed by atoms with Crippen LogP contribution in [0.3, 0.4) is 0 Å². The van der Waals surface area contributed by atoms with Crippen LogP contribution in [0.1, 0.15) is 38.9 Å². The number of hydrogen-bond acceptors (Lipinski definition) is 3. The van der Waals surface area contributed by atoms with Crippen LogP contribution in [0.2, 0.25) is 5.02 Å². The zero-order chi connectivity index (χ0) is 13.7. The zero-order valence-corrected chi connectivity index (χ0v) is 12.3. The van der Waals surface area contributed by atoms with Crippen LogP contribution < -0.4 is 10.6 Å². The Morgan fingerprint density at radius 3 is 2.75 bits per heavy atom. The van der Waals surface area contributed by atoms with E-state index in [9.17, 15) is 4.79 Å². The van der Waals surface area contributed by atoms with Crippen LogP contribution in [-0.4, -0.2) is 5.91 Å². The maximum Gasteiger partial charge on any atom is 0.256 e. The van der Waals surface area contributed by atoms with Gasteiger partial charge in [-0.1, -0.05) is 23.7 Å². The van der Waals surface area contributed by atoms with Gasteiger partial charge in [-0.05, 0) is 42.5 Å². The number of thiophene rings is 1. The molecule has 1 aromatic heterocycles. The van der Waals surface area contributed by atoms with Crippen molar-refractivity contribution in [1.29, 1.82) is 0 Å². The van der Waals surface area contributed by atoms with E-state index in [0.717, 1.165) is 29.0 Å². The lowest BCUT2D eigenvalue weighted by molar-refractivity contribution is 0.0935. The van der Waals surface area contributed by atoms with Crippen molar-refractivity contribution < 1.29 is 4.79 Å². The number of halogens is 1. The Bertz CT molecular complexity index is 693. The van der Waals surface area contributed by atoms with E-state index in [2.05, 4.69) is 10.6 Å². The molecule has 0 fully saturated rings. The summed E-state index contributed by atoms with van der Waals surface area (Å²) in [7, 11) is 0. The van der Waals surface area contributed by atoms with E-state index < -0.39 is 0 Å². The van der Waals surface area contributed by atoms with Gasteiger partial charge in [0.05, 0.1) is 5.56 Å². The molecule has 3 nitrogen and oxygen atoms in total. The van der Waals surface area contributed by atoms with E-state index >= 15 is 0 Å². The van der Waals surface area contributed by atoms with Crippen molar-refractivity contribution in [2.75, 3.05) is 5.32 Å². The summed E-state index contributed by atoms with van der Waals surface area (Å²) in [4.78, 5) is 13.8. The van der Waals surface area contributed by atoms with Gasteiger partial charge in [-0.25, -0.2) is 0 Å². The minimum atomic E-state index is -0.175. The molecular weight excluding hydrogens is 292 g/mol. The molecule has 0 saturated heterocycles. The summed E-state index contributed by atoms with van der Waals surface area (Å²) in [5, 5.41) is 8.19. The minimum absolute atomic E-state index is 0.0399. The molecule has 1 aromatic carbocycles. The molecule has 4 rings (SSSR count). The highest BCUT2D eigenvalue weighted by Crippen LogP contribution is 2.42. The summed E-state index contributed by atoms with van der Waals surface area (Å²) >= 11 is 7.64. The molecule has 0 spiro atoms. The maximum absolute atomic E-state index is 12.4. The van der Waals surface area contributed by atoms with Crippen LogP contribution >= 0.6 is 22.9 Å². The normalized spacial score (nSPS) is 20.1. The molecule has 5 heteroatoms. The van der Waals surface area contributed by atoms with E-state index in [1.165, 1.54) is 16.9 Å². The second kappa shape index (κ2) is 4.50. The lowest BCUT2D eigenvalue weighted by Gasteiger charge is -2.26. The van der Waals surface area contributed by atoms with Gasteiger partial charge in [-0.15, -0.1) is 11.3 Å². The monoisotopic (exact) mass is 304 g/mol. The summed E-state index contributed by atoms with van der Waals surface area (Å²) in [5.41, 5.74) is 3.14. The van der Waals surface area contributed by atoms with Crippen molar-refractivity contribution in [1.82, 2.24) is 5.32 Å². The zero-order valence-electron chi connectivity index (χ0n) is 10.7. The fourth-order valence-electron chi connectivity index (χ4n) is 2.94. The van der Waals surface area contributed by atoms with Gasteiger partial charge in [0.1, 0.15) is 11.2 Å². The maximum atomic E-state index is 12.4. The summed E-state index contributed by atoms with van der Waals surface area (Å²) in [6.07, 6.45) is 3.13. The highest BCUT2D eigenvalue weighted by molar-refractivity contribution is 7.16. The third kappa shape index (κ3) is 1.83. The van der Waals surface area contributed by atoms with E-state index in [0.29, 0.717) is 5.02 Å². The molecule has 1 amide bonds. The molecule has 0 bridgehead atoms. The molecule has 1 aliphatic heterocycles. The van der Waals surface area contributed by atoms with Crippen LogP contribution in [0.4, 0.5) is 5.00 Å². The van der Waals surface area contributed by atoms with Crippen LogP contribution in [0.5, 0.6) is 0 Å². The third-order valence-corrected chi connectivity index (χ3v) is 5.38. The topological polar surface area (TPSA) is 41.1 Å². The average Bonchev–Trinajstić information content (AvgIpc) is 2.99. The Morgan fingerprint density at radius 2 is 1.95 bits per heavy atom. The number of carbonyl (C=O) groups excluding carboxylic acids is 1. The van der Waals surface area contributed by atoms with Gasteiger partial charge in [0, 0.05) is 9.90 Å². The molecule has 0 unspecified atom stereocenters. The quantitative estimate of drug-likeness (QED) is 0.842. The van der Waals surface area contributed by atoms with Crippen molar-refractivity contribution in [3.05, 3.63) is 50.9 Å². The van der Waals surface area contributed by atoms with Crippen LogP contribution in [-0.2, 0) is 12.8 Å². The van der Waals surface area contributed by atoms with E-state index in [-0.39, 0.29) is 12.1 Å². The highest BCUT2D eigenvalue weighted by atomic mass is 35.5. The molecular formula is C15H13ClN2OS. The lowest BCUT2D eigenvalue weighted by atomic mass is 10.1. The predicted molar refractivity (Wildman–Crippen MR) is 81.6 cm³/mol. The average molecular weight is 305 g/mol. The summed E-state index contributed by atoms with van der Waals surface area (Å²) in [5.74, 6) is 0.0399. The number of anilines is 1. The molecule has 2 heterocycles. The van der Waals surface area contributed by atoms with Crippen molar-refractivity contribution >= 4 is 33.8 Å². The van der Waals surface area contributed by atoms with Crippen molar-refractivity contribution in [3.8, 4) is 0 Å². The first-order valence-corrected chi connectivity index (χ1v) is 7.89. The van der Waals surface area contributed by atoms with Gasteiger partial charge in [0.15, 0.2) is 0 Å². The number of hydrogen-bond donors (Lipinski definition) is 2. The van der Waals surface area contributed by atoms with Gasteiger partial charge < -0.3 is 10.6 Å². The van der Waals surface area contributed by atoms with Crippen molar-refractivity contribution in [2.24, 2.45) is 0 Å². The van der Waals surface area contributed by atoms with E-state index in [4.69, 9.17) is 11.6 Å². The highest BCUT2D eigenvalue weighted by Gasteiger charge is 2.32. The second-order valence-corrected chi connectivity index (χ2v) is 6.71. The molecule has 2 aliphatic rings. The lowest BCUT2D eigenvalue weighted by Crippen LogP contribution is -2.38. The number of amides is 1. The molecule has 2 aromatic rings. The van der Waals surface area contributed by atoms with Crippen molar-refractivity contribution in [3.63, 3.8) is 0 Å². The SMILES string of the molecule is O=C1N[C@@H](c2ccc(Cl)cc2)Nc2sc3c(c21)CCC3. The number of fused-ring (bicyclic) bond motifs is 3. The molecule has 20 heavy (non-hydrogen) atoms. The predicted octanol–water partition coefficient (Wildman–Crippen LogP) is 3.74. The number of benzene rings is 1. The Kier molecular flexibility index (Phi) is 2.75. The number of aryl methyl sites for hydroxylation is 1. The summed E-state index contributed by atoms with van der Waals surface area (Å²) < 4.78 is 0. The fourth-order valence-corrected chi connectivity index (χ4v) is 4.38. The Hall–Kier alpha value is -1.52. The summed E-state index contributed by atoms with van der Waals surface area (Å²) in [6.45, 7) is 0. The van der Waals surface area contributed by atoms with Crippen LogP contribution in [0.15, 0.2) is 24.3 Å². The molecule has 2 N–H and O–H groups in total. The standard InChI is InChI=1S/C15H13ClN2OS/c16-9-6-4-8(5-7-9)13-17-14(19)12-10-2-1-3-11(10)20-15(12)18-13/h4-7,13,18H,1-3H2,(H,17,19)/t13-/m1/s1. The van der Waals surface area contributed by atoms with Crippen LogP contribution in [0.25, 0.3) is 0 Å². The Balaban J connectivity index is 1.71. The van der Waals surface area contributed by atoms with Gasteiger partial charge in [-0.3, -0.25) is 4.79 Å². The largest absolute Gasteiger partial charge is 0.353 e. The van der Waals surface area contributed by atoms with Gasteiger partial charge in [-0.2, -0.15) is 0 Å². The molecule has 102 valence electrons. The second-order valence-electron chi connectivity index (χ2n) is 5.16. The molecule has 1 atom stereocenters. The Morgan fingerprint density at radius 1 is 1.15 bits per heavy atom. The molecule has 0 radical (unpaired) electrons. The van der Waals surface area contributed by atoms with E-state index in [1.54, 1.807) is 11.3 Å². The van der Waals surface area contributed by atoms with Crippen molar-refractivity contribution in [2.45, 2.75) is 25.4 Å². The smallest absolute Gasteiger partial charge is 0.256 e. The fraction of sp³-hybridized carbons (Fsp3) is 0.267. The number of nitrogens with one attached hydrogen (secondary N) is 2. The third-order valence-electron chi connectivity index (χ3n) is 3.90. The van der Waals surface area contributed by atoms with E-state index in [1.807, 2.05) is 24.3 Å².